The largest absolute Gasteiger partial charge is 0.387 e. The number of nitrogens with one attached hydrogen (secondary N) is 2. The number of amidine groups is 2. The normalized spacial score (nSPS) is 33.1. The highest BCUT2D eigenvalue weighted by Gasteiger charge is 2.41. The lowest BCUT2D eigenvalue weighted by Gasteiger charge is -2.50. The van der Waals surface area contributed by atoms with Gasteiger partial charge in [0.05, 0.1) is 11.7 Å². The first-order valence-electron chi connectivity index (χ1n) is 4.99. The van der Waals surface area contributed by atoms with Crippen molar-refractivity contribution >= 4 is 11.7 Å². The van der Waals surface area contributed by atoms with Gasteiger partial charge >= 0.3 is 0 Å². The summed E-state index contributed by atoms with van der Waals surface area (Å²) in [4.78, 5) is 2.34. The summed E-state index contributed by atoms with van der Waals surface area (Å²) in [5.41, 5.74) is 10.8. The number of hydrogen-bond acceptors (Lipinski definition) is 3. The van der Waals surface area contributed by atoms with Gasteiger partial charge in [-0.2, -0.15) is 0 Å². The maximum absolute atomic E-state index is 7.27. The Hall–Kier alpha value is -1.10. The van der Waals surface area contributed by atoms with Gasteiger partial charge < -0.3 is 11.5 Å². The molecule has 78 valence electrons. The molecule has 0 unspecified atom stereocenters. The summed E-state index contributed by atoms with van der Waals surface area (Å²) in [5, 5.41) is 14.5. The highest BCUT2D eigenvalue weighted by Crippen LogP contribution is 2.35. The molecule has 0 bridgehead atoms. The maximum atomic E-state index is 7.27. The third kappa shape index (κ3) is 1.48. The lowest BCUT2D eigenvalue weighted by molar-refractivity contribution is 0.0277. The molecule has 0 radical (unpaired) electrons. The van der Waals surface area contributed by atoms with Crippen molar-refractivity contribution in [2.24, 2.45) is 23.3 Å². The van der Waals surface area contributed by atoms with Crippen LogP contribution in [-0.2, 0) is 0 Å². The van der Waals surface area contributed by atoms with Crippen molar-refractivity contribution in [2.45, 2.75) is 18.9 Å². The predicted molar refractivity (Wildman–Crippen MR) is 55.4 cm³/mol. The van der Waals surface area contributed by atoms with Crippen LogP contribution in [0.5, 0.6) is 0 Å². The Labute approximate surface area is 83.5 Å². The van der Waals surface area contributed by atoms with E-state index in [9.17, 15) is 0 Å². The van der Waals surface area contributed by atoms with Crippen molar-refractivity contribution < 1.29 is 0 Å². The molecule has 1 saturated carbocycles. The molecule has 0 amide bonds. The van der Waals surface area contributed by atoms with Crippen molar-refractivity contribution in [1.29, 1.82) is 10.8 Å². The summed E-state index contributed by atoms with van der Waals surface area (Å²) in [6.07, 6.45) is 2.03. The molecule has 1 aliphatic heterocycles. The van der Waals surface area contributed by atoms with E-state index in [-0.39, 0.29) is 5.92 Å². The minimum Gasteiger partial charge on any atom is -0.387 e. The molecule has 0 aromatic heterocycles. The summed E-state index contributed by atoms with van der Waals surface area (Å²) >= 11 is 0. The van der Waals surface area contributed by atoms with Crippen molar-refractivity contribution in [3.05, 3.63) is 0 Å². The molecule has 0 aromatic rings. The second-order valence-corrected chi connectivity index (χ2v) is 4.38. The zero-order chi connectivity index (χ0) is 10.3. The van der Waals surface area contributed by atoms with E-state index in [1.165, 1.54) is 0 Å². The molecule has 1 aliphatic carbocycles. The fourth-order valence-corrected chi connectivity index (χ4v) is 2.15. The maximum Gasteiger partial charge on any atom is 0.0962 e. The fourth-order valence-electron chi connectivity index (χ4n) is 2.15. The monoisotopic (exact) mass is 195 g/mol. The third-order valence-electron chi connectivity index (χ3n) is 3.42. The van der Waals surface area contributed by atoms with Crippen molar-refractivity contribution in [3.63, 3.8) is 0 Å². The summed E-state index contributed by atoms with van der Waals surface area (Å²) < 4.78 is 0. The Morgan fingerprint density at radius 2 is 1.50 bits per heavy atom. The Morgan fingerprint density at radius 3 is 1.93 bits per heavy atom. The molecule has 2 aliphatic rings. The minimum absolute atomic E-state index is 0.270. The van der Waals surface area contributed by atoms with Crippen LogP contribution in [0.4, 0.5) is 0 Å². The minimum atomic E-state index is 0.270. The van der Waals surface area contributed by atoms with Crippen LogP contribution < -0.4 is 11.5 Å². The molecule has 5 nitrogen and oxygen atoms in total. The van der Waals surface area contributed by atoms with Gasteiger partial charge in [-0.1, -0.05) is 0 Å². The standard InChI is InChI=1S/C9H17N5/c10-8(11)5-1-7(2-5)14-3-6(4-14)9(12)13/h5-7H,1-4H2,(H3,10,11)(H3,12,13). The first-order valence-corrected chi connectivity index (χ1v) is 4.99. The molecule has 2 rings (SSSR count). The molecule has 14 heavy (non-hydrogen) atoms. The highest BCUT2D eigenvalue weighted by atomic mass is 15.2. The quantitative estimate of drug-likeness (QED) is 0.363. The van der Waals surface area contributed by atoms with E-state index in [4.69, 9.17) is 22.3 Å². The van der Waals surface area contributed by atoms with Crippen LogP contribution in [0.15, 0.2) is 0 Å². The summed E-state index contributed by atoms with van der Waals surface area (Å²) in [6, 6.07) is 0.583. The van der Waals surface area contributed by atoms with Gasteiger partial charge in [-0.3, -0.25) is 15.7 Å². The van der Waals surface area contributed by atoms with Crippen LogP contribution in [0.3, 0.4) is 0 Å². The average molecular weight is 195 g/mol. The first-order chi connectivity index (χ1) is 6.58. The fraction of sp³-hybridized carbons (Fsp3) is 0.778. The van der Waals surface area contributed by atoms with Crippen LogP contribution in [-0.4, -0.2) is 35.7 Å². The van der Waals surface area contributed by atoms with Crippen LogP contribution in [0, 0.1) is 22.7 Å². The van der Waals surface area contributed by atoms with Gasteiger partial charge in [-0.15, -0.1) is 0 Å². The van der Waals surface area contributed by atoms with E-state index in [1.54, 1.807) is 0 Å². The van der Waals surface area contributed by atoms with Gasteiger partial charge in [0.1, 0.15) is 0 Å². The van der Waals surface area contributed by atoms with E-state index in [2.05, 4.69) is 4.90 Å². The molecule has 1 saturated heterocycles. The van der Waals surface area contributed by atoms with E-state index in [0.717, 1.165) is 25.9 Å². The molecule has 0 spiro atoms. The Bertz CT molecular complexity index is 234. The lowest BCUT2D eigenvalue weighted by atomic mass is 9.76. The second kappa shape index (κ2) is 3.24. The molecule has 5 heteroatoms. The first kappa shape index (κ1) is 9.45. The molecule has 2 fully saturated rings. The lowest BCUT2D eigenvalue weighted by Crippen LogP contribution is -2.60. The number of nitrogens with zero attached hydrogens (tertiary/aromatic N) is 1. The second-order valence-electron chi connectivity index (χ2n) is 4.38. The molecular formula is C9H17N5. The Balaban J connectivity index is 1.71. The Kier molecular flexibility index (Phi) is 2.19. The van der Waals surface area contributed by atoms with E-state index < -0.39 is 0 Å². The molecule has 0 aromatic carbocycles. The highest BCUT2D eigenvalue weighted by molar-refractivity contribution is 5.81. The topological polar surface area (TPSA) is 103 Å². The van der Waals surface area contributed by atoms with Crippen molar-refractivity contribution in [2.75, 3.05) is 13.1 Å². The summed E-state index contributed by atoms with van der Waals surface area (Å²) in [7, 11) is 0. The number of hydrogen-bond donors (Lipinski definition) is 4. The predicted octanol–water partition coefficient (Wildman–Crippen LogP) is -0.431. The van der Waals surface area contributed by atoms with Crippen molar-refractivity contribution in [3.8, 4) is 0 Å². The van der Waals surface area contributed by atoms with Gasteiger partial charge in [0.25, 0.3) is 0 Å². The van der Waals surface area contributed by atoms with Crippen LogP contribution in [0.25, 0.3) is 0 Å². The summed E-state index contributed by atoms with van der Waals surface area (Å²) in [5.74, 6) is 1.20. The molecule has 6 N–H and O–H groups in total. The van der Waals surface area contributed by atoms with Gasteiger partial charge in [0.15, 0.2) is 0 Å². The van der Waals surface area contributed by atoms with Gasteiger partial charge in [0.2, 0.25) is 0 Å². The van der Waals surface area contributed by atoms with Crippen LogP contribution in [0.2, 0.25) is 0 Å². The summed E-state index contributed by atoms with van der Waals surface area (Å²) in [6.45, 7) is 1.84. The van der Waals surface area contributed by atoms with Crippen molar-refractivity contribution in [1.82, 2.24) is 4.90 Å². The van der Waals surface area contributed by atoms with E-state index in [1.807, 2.05) is 0 Å². The zero-order valence-electron chi connectivity index (χ0n) is 8.16. The smallest absolute Gasteiger partial charge is 0.0962 e. The van der Waals surface area contributed by atoms with Gasteiger partial charge in [0, 0.05) is 31.0 Å². The van der Waals surface area contributed by atoms with Gasteiger partial charge in [-0.05, 0) is 12.8 Å². The zero-order valence-corrected chi connectivity index (χ0v) is 8.16. The van der Waals surface area contributed by atoms with Crippen LogP contribution >= 0.6 is 0 Å². The van der Waals surface area contributed by atoms with Gasteiger partial charge in [-0.25, -0.2) is 0 Å². The molecule has 0 atom stereocenters. The molecule has 1 heterocycles. The molecular weight excluding hydrogens is 178 g/mol. The SMILES string of the molecule is N=C(N)C1CC(N2CC(C(=N)N)C2)C1. The Morgan fingerprint density at radius 1 is 1.00 bits per heavy atom. The van der Waals surface area contributed by atoms with Crippen LogP contribution in [0.1, 0.15) is 12.8 Å². The number of likely N-dealkylation sites (tertiary alicyclic amines) is 1. The number of rotatable bonds is 3. The van der Waals surface area contributed by atoms with E-state index >= 15 is 0 Å². The number of nitrogens with two attached hydrogens (primary N) is 2. The third-order valence-corrected chi connectivity index (χ3v) is 3.42. The van der Waals surface area contributed by atoms with E-state index in [0.29, 0.717) is 23.6 Å². The average Bonchev–Trinajstić information content (AvgIpc) is 1.88.